The summed E-state index contributed by atoms with van der Waals surface area (Å²) in [6.45, 7) is 3.57. The molecule has 1 heterocycles. The second-order valence-electron chi connectivity index (χ2n) is 4.01. The van der Waals surface area contributed by atoms with Gasteiger partial charge in [0.05, 0.1) is 6.10 Å². The third-order valence-corrected chi connectivity index (χ3v) is 2.18. The van der Waals surface area contributed by atoms with Crippen molar-refractivity contribution < 1.29 is 18.3 Å². The van der Waals surface area contributed by atoms with E-state index in [4.69, 9.17) is 21.1 Å². The lowest BCUT2D eigenvalue weighted by atomic mass is 10.3. The predicted molar refractivity (Wildman–Crippen MR) is 67.0 cm³/mol. The molecular formula is C12H10ClF2N3O2. The van der Waals surface area contributed by atoms with E-state index in [0.29, 0.717) is 0 Å². The fourth-order valence-corrected chi connectivity index (χ4v) is 1.41. The summed E-state index contributed by atoms with van der Waals surface area (Å²) in [6.07, 6.45) is -0.162. The molecule has 8 heteroatoms. The van der Waals surface area contributed by atoms with Crippen molar-refractivity contribution >= 4 is 11.6 Å². The highest BCUT2D eigenvalue weighted by Gasteiger charge is 2.11. The van der Waals surface area contributed by atoms with Gasteiger partial charge in [-0.15, -0.1) is 4.98 Å². The standard InChI is InChI=1S/C12H10ClF2N3O2/c1-6(2)19-11-16-10(13)17-12(18-11)20-7-3-4-8(14)9(15)5-7/h3-6H,1-2H3. The Morgan fingerprint density at radius 3 is 2.40 bits per heavy atom. The zero-order valence-corrected chi connectivity index (χ0v) is 11.4. The van der Waals surface area contributed by atoms with Crippen LogP contribution in [0.25, 0.3) is 0 Å². The van der Waals surface area contributed by atoms with Gasteiger partial charge in [-0.1, -0.05) is 0 Å². The lowest BCUT2D eigenvalue weighted by Crippen LogP contribution is -2.09. The summed E-state index contributed by atoms with van der Waals surface area (Å²) in [5.74, 6) is -1.99. The normalized spacial score (nSPS) is 10.7. The van der Waals surface area contributed by atoms with Crippen LogP contribution < -0.4 is 9.47 Å². The number of aromatic nitrogens is 3. The Bertz CT molecular complexity index is 626. The highest BCUT2D eigenvalue weighted by Crippen LogP contribution is 2.22. The van der Waals surface area contributed by atoms with Crippen LogP contribution in [0.4, 0.5) is 8.78 Å². The van der Waals surface area contributed by atoms with E-state index in [1.807, 2.05) is 0 Å². The first-order valence-corrected chi connectivity index (χ1v) is 6.03. The zero-order chi connectivity index (χ0) is 14.7. The molecule has 0 aliphatic carbocycles. The second-order valence-corrected chi connectivity index (χ2v) is 4.35. The largest absolute Gasteiger partial charge is 0.461 e. The van der Waals surface area contributed by atoms with E-state index in [-0.39, 0.29) is 29.2 Å². The molecule has 0 fully saturated rings. The summed E-state index contributed by atoms with van der Waals surface area (Å²) in [5, 5.41) is -0.131. The van der Waals surface area contributed by atoms with Gasteiger partial charge in [0.15, 0.2) is 11.6 Å². The first-order chi connectivity index (χ1) is 9.44. The van der Waals surface area contributed by atoms with Gasteiger partial charge >= 0.3 is 12.0 Å². The van der Waals surface area contributed by atoms with Gasteiger partial charge in [-0.25, -0.2) is 8.78 Å². The van der Waals surface area contributed by atoms with Crippen molar-refractivity contribution in [2.45, 2.75) is 20.0 Å². The molecule has 0 saturated heterocycles. The summed E-state index contributed by atoms with van der Waals surface area (Å²) in [7, 11) is 0. The maximum Gasteiger partial charge on any atom is 0.329 e. The maximum absolute atomic E-state index is 13.1. The fraction of sp³-hybridized carbons (Fsp3) is 0.250. The molecule has 0 radical (unpaired) electrons. The van der Waals surface area contributed by atoms with Gasteiger partial charge < -0.3 is 9.47 Å². The van der Waals surface area contributed by atoms with Gasteiger partial charge in [0, 0.05) is 6.07 Å². The quantitative estimate of drug-likeness (QED) is 0.866. The Hall–Kier alpha value is -2.02. The van der Waals surface area contributed by atoms with Crippen LogP contribution in [0, 0.1) is 11.6 Å². The van der Waals surface area contributed by atoms with Crippen molar-refractivity contribution in [1.82, 2.24) is 15.0 Å². The molecule has 0 amide bonds. The van der Waals surface area contributed by atoms with Crippen molar-refractivity contribution in [2.24, 2.45) is 0 Å². The number of rotatable bonds is 4. The molecule has 0 atom stereocenters. The fourth-order valence-electron chi connectivity index (χ4n) is 1.27. The van der Waals surface area contributed by atoms with Crippen LogP contribution in [0.15, 0.2) is 18.2 Å². The van der Waals surface area contributed by atoms with Gasteiger partial charge in [-0.2, -0.15) is 9.97 Å². The smallest absolute Gasteiger partial charge is 0.329 e. The van der Waals surface area contributed by atoms with Crippen molar-refractivity contribution in [3.63, 3.8) is 0 Å². The van der Waals surface area contributed by atoms with Gasteiger partial charge in [-0.05, 0) is 37.6 Å². The average Bonchev–Trinajstić information content (AvgIpc) is 2.32. The molecule has 1 aromatic heterocycles. The van der Waals surface area contributed by atoms with Crippen molar-refractivity contribution in [3.8, 4) is 17.8 Å². The number of hydrogen-bond acceptors (Lipinski definition) is 5. The molecule has 0 unspecified atom stereocenters. The van der Waals surface area contributed by atoms with Crippen LogP contribution in [0.3, 0.4) is 0 Å². The van der Waals surface area contributed by atoms with Crippen LogP contribution >= 0.6 is 11.6 Å². The maximum atomic E-state index is 13.1. The molecule has 20 heavy (non-hydrogen) atoms. The van der Waals surface area contributed by atoms with Crippen LogP contribution in [0.1, 0.15) is 13.8 Å². The van der Waals surface area contributed by atoms with Crippen LogP contribution in [0.2, 0.25) is 5.28 Å². The second kappa shape index (κ2) is 5.96. The Balaban J connectivity index is 2.24. The van der Waals surface area contributed by atoms with E-state index in [0.717, 1.165) is 12.1 Å². The van der Waals surface area contributed by atoms with Crippen LogP contribution in [-0.4, -0.2) is 21.1 Å². The van der Waals surface area contributed by atoms with Crippen LogP contribution in [-0.2, 0) is 0 Å². The van der Waals surface area contributed by atoms with Crippen molar-refractivity contribution in [3.05, 3.63) is 35.1 Å². The molecule has 2 rings (SSSR count). The third-order valence-electron chi connectivity index (χ3n) is 2.01. The third kappa shape index (κ3) is 3.74. The Labute approximate surface area is 118 Å². The summed E-state index contributed by atoms with van der Waals surface area (Å²) >= 11 is 5.70. The van der Waals surface area contributed by atoms with E-state index in [2.05, 4.69) is 15.0 Å². The first-order valence-electron chi connectivity index (χ1n) is 5.65. The first kappa shape index (κ1) is 14.4. The summed E-state index contributed by atoms with van der Waals surface area (Å²) in [5.41, 5.74) is 0. The van der Waals surface area contributed by atoms with Gasteiger partial charge in [-0.3, -0.25) is 0 Å². The molecule has 106 valence electrons. The molecule has 5 nitrogen and oxygen atoms in total. The minimum atomic E-state index is -1.04. The SMILES string of the molecule is CC(C)Oc1nc(Cl)nc(Oc2ccc(F)c(F)c2)n1. The van der Waals surface area contributed by atoms with Gasteiger partial charge in [0.1, 0.15) is 5.75 Å². The van der Waals surface area contributed by atoms with E-state index in [9.17, 15) is 8.78 Å². The molecule has 0 aliphatic heterocycles. The number of ether oxygens (including phenoxy) is 2. The summed E-state index contributed by atoms with van der Waals surface area (Å²) < 4.78 is 36.3. The van der Waals surface area contributed by atoms with E-state index in [1.54, 1.807) is 13.8 Å². The number of hydrogen-bond donors (Lipinski definition) is 0. The summed E-state index contributed by atoms with van der Waals surface area (Å²) in [6, 6.07) is 2.85. The highest BCUT2D eigenvalue weighted by molar-refractivity contribution is 6.28. The number of benzene rings is 1. The van der Waals surface area contributed by atoms with Gasteiger partial charge in [0.2, 0.25) is 5.28 Å². The van der Waals surface area contributed by atoms with Gasteiger partial charge in [0.25, 0.3) is 0 Å². The predicted octanol–water partition coefficient (Wildman–Crippen LogP) is 3.38. The summed E-state index contributed by atoms with van der Waals surface area (Å²) in [4.78, 5) is 11.3. The molecule has 0 bridgehead atoms. The molecule has 1 aromatic carbocycles. The van der Waals surface area contributed by atoms with E-state index >= 15 is 0 Å². The zero-order valence-electron chi connectivity index (χ0n) is 10.6. The minimum absolute atomic E-state index is 0.0161. The molecule has 2 aromatic rings. The lowest BCUT2D eigenvalue weighted by Gasteiger charge is -2.09. The van der Waals surface area contributed by atoms with E-state index in [1.165, 1.54) is 6.07 Å². The van der Waals surface area contributed by atoms with E-state index < -0.39 is 11.6 Å². The topological polar surface area (TPSA) is 57.1 Å². The number of halogens is 3. The monoisotopic (exact) mass is 301 g/mol. The minimum Gasteiger partial charge on any atom is -0.461 e. The molecule has 0 saturated carbocycles. The van der Waals surface area contributed by atoms with Crippen molar-refractivity contribution in [1.29, 1.82) is 0 Å². The van der Waals surface area contributed by atoms with Crippen molar-refractivity contribution in [2.75, 3.05) is 0 Å². The lowest BCUT2D eigenvalue weighted by molar-refractivity contribution is 0.218. The molecular weight excluding hydrogens is 292 g/mol. The molecule has 0 spiro atoms. The highest BCUT2D eigenvalue weighted by atomic mass is 35.5. The number of nitrogens with zero attached hydrogens (tertiary/aromatic N) is 3. The molecule has 0 N–H and O–H groups in total. The Morgan fingerprint density at radius 2 is 1.75 bits per heavy atom. The average molecular weight is 302 g/mol. The Kier molecular flexibility index (Phi) is 4.29. The molecule has 0 aliphatic rings. The Morgan fingerprint density at radius 1 is 1.05 bits per heavy atom. The van der Waals surface area contributed by atoms with Crippen LogP contribution in [0.5, 0.6) is 17.8 Å².